The average Bonchev–Trinajstić information content (AvgIpc) is 2.98. The normalized spacial score (nSPS) is 30.3. The Balaban J connectivity index is 1.78. The van der Waals surface area contributed by atoms with E-state index < -0.39 is 11.9 Å². The molecule has 2 heterocycles. The number of hydrogen-bond donors (Lipinski definition) is 1. The number of hydrogen-bond acceptors (Lipinski definition) is 6. The molecular weight excluding hydrogens is 280 g/mol. The van der Waals surface area contributed by atoms with E-state index in [1.807, 2.05) is 12.2 Å². The number of nitrogens with zero attached hydrogens (tertiary/aromatic N) is 2. The molecule has 0 amide bonds. The van der Waals surface area contributed by atoms with Crippen molar-refractivity contribution < 1.29 is 19.2 Å². The minimum absolute atomic E-state index is 0.145. The molecule has 1 aromatic rings. The Morgan fingerprint density at radius 1 is 1.40 bits per heavy atom. The van der Waals surface area contributed by atoms with Crippen LogP contribution in [0.1, 0.15) is 36.6 Å². The van der Waals surface area contributed by atoms with Gasteiger partial charge in [0.25, 0.3) is 0 Å². The molecule has 1 aromatic heterocycles. The van der Waals surface area contributed by atoms with E-state index in [0.29, 0.717) is 31.2 Å². The van der Waals surface area contributed by atoms with E-state index in [1.165, 1.54) is 0 Å². The molecule has 1 N–H and O–H groups in total. The summed E-state index contributed by atoms with van der Waals surface area (Å²) in [6.07, 6.45) is 4.86. The van der Waals surface area contributed by atoms with E-state index in [-0.39, 0.29) is 12.0 Å². The van der Waals surface area contributed by atoms with Crippen molar-refractivity contribution in [2.45, 2.75) is 24.9 Å². The molecule has 1 fully saturated rings. The first-order valence-corrected chi connectivity index (χ1v) is 7.82. The summed E-state index contributed by atoms with van der Waals surface area (Å²) in [6.45, 7) is 0.684. The van der Waals surface area contributed by atoms with Gasteiger partial charge in [-0.3, -0.25) is 4.79 Å². The highest BCUT2D eigenvalue weighted by atomic mass is 32.2. The summed E-state index contributed by atoms with van der Waals surface area (Å²) >= 11 is 1.80. The summed E-state index contributed by atoms with van der Waals surface area (Å²) < 4.78 is 10.9. The second kappa shape index (κ2) is 5.97. The number of rotatable bonds is 3. The molecule has 0 spiro atoms. The molecule has 3 atom stereocenters. The van der Waals surface area contributed by atoms with Gasteiger partial charge in [-0.25, -0.2) is 0 Å². The molecule has 3 unspecified atom stereocenters. The maximum Gasteiger partial charge on any atom is 0.307 e. The molecule has 108 valence electrons. The summed E-state index contributed by atoms with van der Waals surface area (Å²) in [7, 11) is 0. The topological polar surface area (TPSA) is 85.5 Å². The maximum atomic E-state index is 11.3. The number of ether oxygens (including phenoxy) is 1. The van der Waals surface area contributed by atoms with Crippen LogP contribution in [0.25, 0.3) is 0 Å². The third kappa shape index (κ3) is 2.73. The van der Waals surface area contributed by atoms with Crippen LogP contribution in [-0.4, -0.2) is 39.3 Å². The Morgan fingerprint density at radius 2 is 2.25 bits per heavy atom. The van der Waals surface area contributed by atoms with Gasteiger partial charge in [0.1, 0.15) is 6.10 Å². The van der Waals surface area contributed by atoms with Crippen LogP contribution in [0.4, 0.5) is 0 Å². The number of carboxylic acid groups (broad SMARTS) is 1. The quantitative estimate of drug-likeness (QED) is 0.854. The standard InChI is InChI=1S/C13H16N2O4S/c16-13(17)9-4-2-1-3-8(9)12-14-11(15-19-12)10-7-20-6-5-18-10/h1-2,8-10H,3-7H2,(H,16,17). The number of carbonyl (C=O) groups is 1. The zero-order chi connectivity index (χ0) is 13.9. The second-order valence-electron chi connectivity index (χ2n) is 4.92. The second-order valence-corrected chi connectivity index (χ2v) is 6.07. The van der Waals surface area contributed by atoms with Crippen molar-refractivity contribution in [3.8, 4) is 0 Å². The van der Waals surface area contributed by atoms with Crippen LogP contribution in [0.3, 0.4) is 0 Å². The molecule has 1 aliphatic carbocycles. The number of aromatic nitrogens is 2. The molecule has 3 rings (SSSR count). The van der Waals surface area contributed by atoms with Crippen molar-refractivity contribution in [1.29, 1.82) is 0 Å². The molecule has 0 radical (unpaired) electrons. The lowest BCUT2D eigenvalue weighted by molar-refractivity contribution is -0.142. The molecular formula is C13H16N2O4S. The monoisotopic (exact) mass is 296 g/mol. The van der Waals surface area contributed by atoms with Crippen LogP contribution < -0.4 is 0 Å². The molecule has 1 saturated heterocycles. The van der Waals surface area contributed by atoms with Gasteiger partial charge >= 0.3 is 5.97 Å². The van der Waals surface area contributed by atoms with Crippen molar-refractivity contribution in [2.24, 2.45) is 5.92 Å². The maximum absolute atomic E-state index is 11.3. The predicted molar refractivity (Wildman–Crippen MR) is 72.6 cm³/mol. The lowest BCUT2D eigenvalue weighted by atomic mass is 9.83. The van der Waals surface area contributed by atoms with Crippen molar-refractivity contribution in [1.82, 2.24) is 10.1 Å². The first-order valence-electron chi connectivity index (χ1n) is 6.66. The van der Waals surface area contributed by atoms with Gasteiger partial charge in [0, 0.05) is 11.5 Å². The van der Waals surface area contributed by atoms with Crippen molar-refractivity contribution >= 4 is 17.7 Å². The Hall–Kier alpha value is -1.34. The van der Waals surface area contributed by atoms with Gasteiger partial charge in [0.05, 0.1) is 18.4 Å². The SMILES string of the molecule is O=C(O)C1CC=CCC1c1nc(C2CSCCO2)no1. The molecule has 2 aliphatic rings. The highest BCUT2D eigenvalue weighted by Gasteiger charge is 2.34. The van der Waals surface area contributed by atoms with Crippen molar-refractivity contribution in [3.63, 3.8) is 0 Å². The highest BCUT2D eigenvalue weighted by molar-refractivity contribution is 7.99. The molecule has 1 aliphatic heterocycles. The van der Waals surface area contributed by atoms with Crippen LogP contribution >= 0.6 is 11.8 Å². The molecule has 20 heavy (non-hydrogen) atoms. The third-order valence-electron chi connectivity index (χ3n) is 3.63. The molecule has 6 nitrogen and oxygen atoms in total. The highest BCUT2D eigenvalue weighted by Crippen LogP contribution is 2.35. The smallest absolute Gasteiger partial charge is 0.307 e. The van der Waals surface area contributed by atoms with Gasteiger partial charge in [-0.1, -0.05) is 17.3 Å². The van der Waals surface area contributed by atoms with Crippen LogP contribution in [0.15, 0.2) is 16.7 Å². The average molecular weight is 296 g/mol. The zero-order valence-corrected chi connectivity index (χ0v) is 11.7. The first kappa shape index (κ1) is 13.6. The molecule has 7 heteroatoms. The van der Waals surface area contributed by atoms with Gasteiger partial charge in [-0.15, -0.1) is 0 Å². The number of thioether (sulfide) groups is 1. The Labute approximate surface area is 120 Å². The largest absolute Gasteiger partial charge is 0.481 e. The summed E-state index contributed by atoms with van der Waals surface area (Å²) in [5, 5.41) is 13.2. The number of carboxylic acids is 1. The van der Waals surface area contributed by atoms with Crippen LogP contribution in [-0.2, 0) is 9.53 Å². The fraction of sp³-hybridized carbons (Fsp3) is 0.615. The summed E-state index contributed by atoms with van der Waals surface area (Å²) in [4.78, 5) is 15.7. The van der Waals surface area contributed by atoms with E-state index in [9.17, 15) is 9.90 Å². The van der Waals surface area contributed by atoms with Gasteiger partial charge in [0.2, 0.25) is 11.7 Å². The fourth-order valence-electron chi connectivity index (χ4n) is 2.53. The Morgan fingerprint density at radius 3 is 3.00 bits per heavy atom. The van der Waals surface area contributed by atoms with Gasteiger partial charge in [-0.05, 0) is 12.8 Å². The van der Waals surface area contributed by atoms with Gasteiger partial charge in [-0.2, -0.15) is 16.7 Å². The molecule has 0 bridgehead atoms. The van der Waals surface area contributed by atoms with Crippen LogP contribution in [0.5, 0.6) is 0 Å². The Bertz CT molecular complexity index is 510. The van der Waals surface area contributed by atoms with E-state index in [2.05, 4.69) is 10.1 Å². The Kier molecular flexibility index (Phi) is 4.07. The van der Waals surface area contributed by atoms with Crippen LogP contribution in [0.2, 0.25) is 0 Å². The minimum atomic E-state index is -0.816. The van der Waals surface area contributed by atoms with E-state index in [1.54, 1.807) is 11.8 Å². The summed E-state index contributed by atoms with van der Waals surface area (Å²) in [6, 6.07) is 0. The van der Waals surface area contributed by atoms with E-state index in [0.717, 1.165) is 11.5 Å². The first-order chi connectivity index (χ1) is 9.75. The van der Waals surface area contributed by atoms with E-state index >= 15 is 0 Å². The third-order valence-corrected chi connectivity index (χ3v) is 4.62. The minimum Gasteiger partial charge on any atom is -0.481 e. The lowest BCUT2D eigenvalue weighted by Gasteiger charge is -2.21. The fourth-order valence-corrected chi connectivity index (χ4v) is 3.37. The summed E-state index contributed by atoms with van der Waals surface area (Å²) in [5.74, 6) is 1.19. The zero-order valence-electron chi connectivity index (χ0n) is 10.9. The predicted octanol–water partition coefficient (Wildman–Crippen LogP) is 2.01. The molecule has 0 saturated carbocycles. The lowest BCUT2D eigenvalue weighted by Crippen LogP contribution is -2.24. The number of allylic oxidation sites excluding steroid dienone is 2. The van der Waals surface area contributed by atoms with Crippen LogP contribution in [0, 0.1) is 5.92 Å². The molecule has 0 aromatic carbocycles. The number of aliphatic carboxylic acids is 1. The van der Waals surface area contributed by atoms with Gasteiger partial charge < -0.3 is 14.4 Å². The van der Waals surface area contributed by atoms with Gasteiger partial charge in [0.15, 0.2) is 0 Å². The van der Waals surface area contributed by atoms with Crippen molar-refractivity contribution in [2.75, 3.05) is 18.1 Å². The summed E-state index contributed by atoms with van der Waals surface area (Å²) in [5.41, 5.74) is 0. The van der Waals surface area contributed by atoms with Crippen molar-refractivity contribution in [3.05, 3.63) is 23.9 Å². The van der Waals surface area contributed by atoms with E-state index in [4.69, 9.17) is 9.26 Å².